The third-order valence-electron chi connectivity index (χ3n) is 4.54. The van der Waals surface area contributed by atoms with Gasteiger partial charge in [0.2, 0.25) is 0 Å². The van der Waals surface area contributed by atoms with Crippen LogP contribution in [0.25, 0.3) is 0 Å². The molecule has 17 heavy (non-hydrogen) atoms. The van der Waals surface area contributed by atoms with Crippen molar-refractivity contribution < 1.29 is 4.79 Å². The van der Waals surface area contributed by atoms with Gasteiger partial charge in [-0.1, -0.05) is 32.3 Å². The van der Waals surface area contributed by atoms with E-state index in [-0.39, 0.29) is 0 Å². The number of Topliss-reactive ketones (excluding diaryl/α,β-unsaturated/α-hetero) is 1. The van der Waals surface area contributed by atoms with Gasteiger partial charge in [-0.05, 0) is 56.4 Å². The molecule has 96 valence electrons. The normalized spacial score (nSPS) is 29.1. The summed E-state index contributed by atoms with van der Waals surface area (Å²) in [6.07, 6.45) is 14.5. The Morgan fingerprint density at radius 3 is 2.65 bits per heavy atom. The molecule has 0 unspecified atom stereocenters. The third-order valence-corrected chi connectivity index (χ3v) is 4.54. The van der Waals surface area contributed by atoms with E-state index in [0.717, 1.165) is 37.2 Å². The van der Waals surface area contributed by atoms with Crippen LogP contribution in [-0.4, -0.2) is 5.78 Å². The molecule has 0 spiro atoms. The van der Waals surface area contributed by atoms with E-state index >= 15 is 0 Å². The van der Waals surface area contributed by atoms with Crippen molar-refractivity contribution in [1.82, 2.24) is 0 Å². The van der Waals surface area contributed by atoms with Gasteiger partial charge in [-0.2, -0.15) is 0 Å². The Balaban J connectivity index is 1.76. The summed E-state index contributed by atoms with van der Waals surface area (Å²) in [7, 11) is 0. The molecule has 0 atom stereocenters. The molecular weight excluding hydrogens is 208 g/mol. The Morgan fingerprint density at radius 1 is 1.29 bits per heavy atom. The Kier molecular flexibility index (Phi) is 4.82. The molecule has 0 heterocycles. The van der Waals surface area contributed by atoms with Crippen LogP contribution in [0.3, 0.4) is 0 Å². The van der Waals surface area contributed by atoms with Crippen molar-refractivity contribution in [2.75, 3.05) is 0 Å². The lowest BCUT2D eigenvalue weighted by Crippen LogP contribution is -2.22. The van der Waals surface area contributed by atoms with Crippen molar-refractivity contribution in [3.05, 3.63) is 11.6 Å². The fourth-order valence-corrected chi connectivity index (χ4v) is 3.36. The first-order valence-electron chi connectivity index (χ1n) is 7.54. The Bertz CT molecular complexity index is 282. The van der Waals surface area contributed by atoms with Crippen molar-refractivity contribution in [2.45, 2.75) is 71.1 Å². The van der Waals surface area contributed by atoms with Crippen LogP contribution in [0.2, 0.25) is 0 Å². The van der Waals surface area contributed by atoms with E-state index in [0.29, 0.717) is 11.7 Å². The molecule has 0 aromatic rings. The van der Waals surface area contributed by atoms with Gasteiger partial charge in [0.1, 0.15) is 0 Å². The standard InChI is InChI=1S/C16H26O/c1-2-3-6-13-9-11-15(12-10-13)16(17)14-7-4-5-8-14/h7,13,15H,2-6,8-12H2,1H3. The lowest BCUT2D eigenvalue weighted by molar-refractivity contribution is -0.120. The maximum Gasteiger partial charge on any atom is 0.161 e. The molecule has 0 aromatic carbocycles. The molecule has 2 aliphatic rings. The summed E-state index contributed by atoms with van der Waals surface area (Å²) in [6, 6.07) is 0. The van der Waals surface area contributed by atoms with Crippen molar-refractivity contribution in [2.24, 2.45) is 11.8 Å². The molecule has 2 rings (SSSR count). The lowest BCUT2D eigenvalue weighted by atomic mass is 9.77. The minimum absolute atomic E-state index is 0.372. The lowest BCUT2D eigenvalue weighted by Gasteiger charge is -2.27. The largest absolute Gasteiger partial charge is 0.294 e. The highest BCUT2D eigenvalue weighted by Crippen LogP contribution is 2.35. The quantitative estimate of drug-likeness (QED) is 0.676. The highest BCUT2D eigenvalue weighted by Gasteiger charge is 2.28. The van der Waals surface area contributed by atoms with Crippen molar-refractivity contribution in [3.8, 4) is 0 Å². The van der Waals surface area contributed by atoms with Crippen LogP contribution in [0.1, 0.15) is 71.1 Å². The maximum atomic E-state index is 12.3. The summed E-state index contributed by atoms with van der Waals surface area (Å²) in [5, 5.41) is 0. The van der Waals surface area contributed by atoms with Crippen LogP contribution in [0, 0.1) is 11.8 Å². The molecule has 0 bridgehead atoms. The van der Waals surface area contributed by atoms with Crippen LogP contribution in [0.5, 0.6) is 0 Å². The van der Waals surface area contributed by atoms with Gasteiger partial charge in [0.25, 0.3) is 0 Å². The number of hydrogen-bond donors (Lipinski definition) is 0. The van der Waals surface area contributed by atoms with Crippen LogP contribution in [-0.2, 0) is 4.79 Å². The van der Waals surface area contributed by atoms with Crippen LogP contribution in [0.4, 0.5) is 0 Å². The van der Waals surface area contributed by atoms with Gasteiger partial charge < -0.3 is 0 Å². The van der Waals surface area contributed by atoms with Gasteiger partial charge in [0, 0.05) is 5.92 Å². The molecule has 0 amide bonds. The molecule has 1 fully saturated rings. The second kappa shape index (κ2) is 6.37. The summed E-state index contributed by atoms with van der Waals surface area (Å²) in [4.78, 5) is 12.3. The zero-order valence-corrected chi connectivity index (χ0v) is 11.2. The molecule has 0 N–H and O–H groups in total. The first kappa shape index (κ1) is 12.9. The van der Waals surface area contributed by atoms with E-state index in [2.05, 4.69) is 13.0 Å². The van der Waals surface area contributed by atoms with E-state index in [1.54, 1.807) is 0 Å². The predicted octanol–water partition coefficient (Wildman–Crippen LogP) is 4.66. The fourth-order valence-electron chi connectivity index (χ4n) is 3.36. The van der Waals surface area contributed by atoms with E-state index in [4.69, 9.17) is 0 Å². The number of allylic oxidation sites excluding steroid dienone is 2. The molecule has 1 saturated carbocycles. The molecular formula is C16H26O. The van der Waals surface area contributed by atoms with Crippen LogP contribution < -0.4 is 0 Å². The molecule has 2 aliphatic carbocycles. The molecule has 1 nitrogen and oxygen atoms in total. The third kappa shape index (κ3) is 3.43. The summed E-state index contributed by atoms with van der Waals surface area (Å²) >= 11 is 0. The summed E-state index contributed by atoms with van der Waals surface area (Å²) < 4.78 is 0. The minimum atomic E-state index is 0.372. The number of unbranched alkanes of at least 4 members (excludes halogenated alkanes) is 1. The monoisotopic (exact) mass is 234 g/mol. The zero-order chi connectivity index (χ0) is 12.1. The molecule has 0 radical (unpaired) electrons. The zero-order valence-electron chi connectivity index (χ0n) is 11.2. The number of hydrogen-bond acceptors (Lipinski definition) is 1. The number of carbonyl (C=O) groups is 1. The Labute approximate surface area is 106 Å². The highest BCUT2D eigenvalue weighted by molar-refractivity contribution is 5.97. The summed E-state index contributed by atoms with van der Waals surface area (Å²) in [6.45, 7) is 2.27. The molecule has 0 aromatic heterocycles. The van der Waals surface area contributed by atoms with E-state index < -0.39 is 0 Å². The van der Waals surface area contributed by atoms with E-state index in [1.807, 2.05) is 0 Å². The van der Waals surface area contributed by atoms with Gasteiger partial charge in [0.05, 0.1) is 0 Å². The van der Waals surface area contributed by atoms with Gasteiger partial charge in [-0.25, -0.2) is 0 Å². The predicted molar refractivity (Wildman–Crippen MR) is 71.9 cm³/mol. The average Bonchev–Trinajstić information content (AvgIpc) is 2.90. The van der Waals surface area contributed by atoms with Crippen molar-refractivity contribution >= 4 is 5.78 Å². The second-order valence-electron chi connectivity index (χ2n) is 5.85. The first-order chi connectivity index (χ1) is 8.31. The second-order valence-corrected chi connectivity index (χ2v) is 5.85. The number of ketones is 1. The van der Waals surface area contributed by atoms with E-state index in [1.165, 1.54) is 38.5 Å². The topological polar surface area (TPSA) is 17.1 Å². The maximum absolute atomic E-state index is 12.3. The Hall–Kier alpha value is -0.590. The molecule has 0 aliphatic heterocycles. The van der Waals surface area contributed by atoms with E-state index in [9.17, 15) is 4.79 Å². The van der Waals surface area contributed by atoms with Crippen LogP contribution >= 0.6 is 0 Å². The summed E-state index contributed by atoms with van der Waals surface area (Å²) in [5.74, 6) is 1.78. The van der Waals surface area contributed by atoms with Crippen molar-refractivity contribution in [3.63, 3.8) is 0 Å². The van der Waals surface area contributed by atoms with Gasteiger partial charge >= 0.3 is 0 Å². The van der Waals surface area contributed by atoms with Gasteiger partial charge in [0.15, 0.2) is 5.78 Å². The smallest absolute Gasteiger partial charge is 0.161 e. The summed E-state index contributed by atoms with van der Waals surface area (Å²) in [5.41, 5.74) is 1.15. The molecule has 1 heteroatoms. The van der Waals surface area contributed by atoms with Gasteiger partial charge in [-0.15, -0.1) is 0 Å². The average molecular weight is 234 g/mol. The first-order valence-corrected chi connectivity index (χ1v) is 7.54. The Morgan fingerprint density at radius 2 is 2.06 bits per heavy atom. The van der Waals surface area contributed by atoms with Gasteiger partial charge in [-0.3, -0.25) is 4.79 Å². The number of carbonyl (C=O) groups excluding carboxylic acids is 1. The SMILES string of the molecule is CCCCC1CCC(C(=O)C2=CCCC2)CC1. The van der Waals surface area contributed by atoms with Crippen molar-refractivity contribution in [1.29, 1.82) is 0 Å². The minimum Gasteiger partial charge on any atom is -0.294 e. The highest BCUT2D eigenvalue weighted by atomic mass is 16.1. The fraction of sp³-hybridized carbons (Fsp3) is 0.812. The number of rotatable bonds is 5. The van der Waals surface area contributed by atoms with Crippen LogP contribution in [0.15, 0.2) is 11.6 Å². The molecule has 0 saturated heterocycles.